The summed E-state index contributed by atoms with van der Waals surface area (Å²) >= 11 is 0. The molecular formula is C12H16FNO. The molecular weight excluding hydrogens is 193 g/mol. The zero-order chi connectivity index (χ0) is 10.9. The number of benzene rings is 1. The first-order valence-corrected chi connectivity index (χ1v) is 5.32. The predicted octanol–water partition coefficient (Wildman–Crippen LogP) is 1.79. The highest BCUT2D eigenvalue weighted by Crippen LogP contribution is 2.29. The van der Waals surface area contributed by atoms with E-state index in [-0.39, 0.29) is 11.9 Å². The van der Waals surface area contributed by atoms with Gasteiger partial charge in [0.25, 0.3) is 0 Å². The molecule has 1 aromatic rings. The minimum atomic E-state index is -0.912. The van der Waals surface area contributed by atoms with E-state index in [0.717, 1.165) is 24.9 Å². The van der Waals surface area contributed by atoms with Gasteiger partial charge in [0.15, 0.2) is 0 Å². The third-order valence-corrected chi connectivity index (χ3v) is 3.17. The van der Waals surface area contributed by atoms with Crippen LogP contribution in [0, 0.1) is 5.82 Å². The SMILES string of the molecule is CC(O)(c1ccc(F)cc1)C1CCCN1. The van der Waals surface area contributed by atoms with Crippen LogP contribution in [0.4, 0.5) is 4.39 Å². The van der Waals surface area contributed by atoms with Crippen molar-refractivity contribution >= 4 is 0 Å². The van der Waals surface area contributed by atoms with Crippen LogP contribution < -0.4 is 5.32 Å². The summed E-state index contributed by atoms with van der Waals surface area (Å²) in [6, 6.07) is 6.14. The summed E-state index contributed by atoms with van der Waals surface area (Å²) in [7, 11) is 0. The summed E-state index contributed by atoms with van der Waals surface area (Å²) in [5.41, 5.74) is -0.146. The van der Waals surface area contributed by atoms with Crippen LogP contribution in [0.2, 0.25) is 0 Å². The summed E-state index contributed by atoms with van der Waals surface area (Å²) in [5, 5.41) is 13.7. The van der Waals surface area contributed by atoms with Crippen LogP contribution in [0.3, 0.4) is 0 Å². The van der Waals surface area contributed by atoms with Crippen molar-refractivity contribution in [2.24, 2.45) is 0 Å². The molecule has 2 rings (SSSR count). The van der Waals surface area contributed by atoms with Gasteiger partial charge in [0.05, 0.1) is 0 Å². The van der Waals surface area contributed by atoms with Gasteiger partial charge in [0.1, 0.15) is 11.4 Å². The maximum absolute atomic E-state index is 12.8. The molecule has 2 unspecified atom stereocenters. The van der Waals surface area contributed by atoms with Gasteiger partial charge < -0.3 is 10.4 Å². The second-order valence-corrected chi connectivity index (χ2v) is 4.30. The molecule has 2 N–H and O–H groups in total. The summed E-state index contributed by atoms with van der Waals surface area (Å²) in [6.07, 6.45) is 2.05. The molecule has 0 saturated carbocycles. The lowest BCUT2D eigenvalue weighted by molar-refractivity contribution is 0.0218. The molecule has 1 aliphatic heterocycles. The second-order valence-electron chi connectivity index (χ2n) is 4.30. The molecule has 15 heavy (non-hydrogen) atoms. The summed E-state index contributed by atoms with van der Waals surface area (Å²) < 4.78 is 12.8. The number of aliphatic hydroxyl groups is 1. The van der Waals surface area contributed by atoms with Crippen LogP contribution in [0.25, 0.3) is 0 Å². The molecule has 82 valence electrons. The largest absolute Gasteiger partial charge is 0.384 e. The van der Waals surface area contributed by atoms with E-state index in [4.69, 9.17) is 0 Å². The fourth-order valence-corrected chi connectivity index (χ4v) is 2.15. The quantitative estimate of drug-likeness (QED) is 0.778. The van der Waals surface area contributed by atoms with Crippen molar-refractivity contribution in [3.63, 3.8) is 0 Å². The second kappa shape index (κ2) is 3.91. The van der Waals surface area contributed by atoms with Crippen molar-refractivity contribution in [2.75, 3.05) is 6.54 Å². The smallest absolute Gasteiger partial charge is 0.123 e. The van der Waals surface area contributed by atoms with E-state index in [1.54, 1.807) is 19.1 Å². The van der Waals surface area contributed by atoms with Crippen molar-refractivity contribution in [3.8, 4) is 0 Å². The lowest BCUT2D eigenvalue weighted by Crippen LogP contribution is -2.42. The van der Waals surface area contributed by atoms with Crippen molar-refractivity contribution in [1.29, 1.82) is 0 Å². The van der Waals surface area contributed by atoms with Crippen molar-refractivity contribution in [1.82, 2.24) is 5.32 Å². The summed E-state index contributed by atoms with van der Waals surface area (Å²) in [5.74, 6) is -0.270. The van der Waals surface area contributed by atoms with E-state index in [0.29, 0.717) is 0 Å². The van der Waals surface area contributed by atoms with Crippen LogP contribution in [-0.4, -0.2) is 17.7 Å². The number of rotatable bonds is 2. The molecule has 0 spiro atoms. The van der Waals surface area contributed by atoms with Gasteiger partial charge >= 0.3 is 0 Å². The Morgan fingerprint density at radius 3 is 2.60 bits per heavy atom. The molecule has 1 aliphatic rings. The maximum atomic E-state index is 12.8. The van der Waals surface area contributed by atoms with Gasteiger partial charge in [0, 0.05) is 6.04 Å². The van der Waals surface area contributed by atoms with E-state index in [9.17, 15) is 9.50 Å². The molecule has 0 aromatic heterocycles. The highest BCUT2D eigenvalue weighted by molar-refractivity contribution is 5.24. The molecule has 1 aromatic carbocycles. The average Bonchev–Trinajstić information content (AvgIpc) is 2.71. The van der Waals surface area contributed by atoms with Gasteiger partial charge in [-0.15, -0.1) is 0 Å². The average molecular weight is 209 g/mol. The molecule has 3 heteroatoms. The number of halogens is 1. The zero-order valence-electron chi connectivity index (χ0n) is 8.83. The third-order valence-electron chi connectivity index (χ3n) is 3.17. The fourth-order valence-electron chi connectivity index (χ4n) is 2.15. The third kappa shape index (κ3) is 2.03. The van der Waals surface area contributed by atoms with Crippen LogP contribution in [0.15, 0.2) is 24.3 Å². The van der Waals surface area contributed by atoms with Crippen molar-refractivity contribution in [3.05, 3.63) is 35.6 Å². The lowest BCUT2D eigenvalue weighted by Gasteiger charge is -2.30. The van der Waals surface area contributed by atoms with Gasteiger partial charge in [0.2, 0.25) is 0 Å². The van der Waals surface area contributed by atoms with Gasteiger partial charge in [-0.3, -0.25) is 0 Å². The van der Waals surface area contributed by atoms with Crippen LogP contribution in [-0.2, 0) is 5.60 Å². The molecule has 2 atom stereocenters. The zero-order valence-corrected chi connectivity index (χ0v) is 8.83. The van der Waals surface area contributed by atoms with Crippen LogP contribution >= 0.6 is 0 Å². The molecule has 1 fully saturated rings. The summed E-state index contributed by atoms with van der Waals surface area (Å²) in [6.45, 7) is 2.73. The monoisotopic (exact) mass is 209 g/mol. The molecule has 0 radical (unpaired) electrons. The molecule has 2 nitrogen and oxygen atoms in total. The Balaban J connectivity index is 2.23. The Hall–Kier alpha value is -0.930. The Labute approximate surface area is 89.1 Å². The Bertz CT molecular complexity index is 328. The minimum absolute atomic E-state index is 0.0722. The fraction of sp³-hybridized carbons (Fsp3) is 0.500. The summed E-state index contributed by atoms with van der Waals surface area (Å²) in [4.78, 5) is 0. The van der Waals surface area contributed by atoms with E-state index in [1.807, 2.05) is 0 Å². The van der Waals surface area contributed by atoms with Gasteiger partial charge in [-0.2, -0.15) is 0 Å². The predicted molar refractivity (Wildman–Crippen MR) is 57.0 cm³/mol. The van der Waals surface area contributed by atoms with Gasteiger partial charge in [-0.1, -0.05) is 12.1 Å². The van der Waals surface area contributed by atoms with Crippen LogP contribution in [0.5, 0.6) is 0 Å². The topological polar surface area (TPSA) is 32.3 Å². The van der Waals surface area contributed by atoms with Crippen molar-refractivity contribution in [2.45, 2.75) is 31.4 Å². The molecule has 0 aliphatic carbocycles. The molecule has 1 saturated heterocycles. The normalized spacial score (nSPS) is 25.1. The Morgan fingerprint density at radius 2 is 2.07 bits per heavy atom. The van der Waals surface area contributed by atoms with E-state index in [2.05, 4.69) is 5.32 Å². The Morgan fingerprint density at radius 1 is 1.40 bits per heavy atom. The maximum Gasteiger partial charge on any atom is 0.123 e. The highest BCUT2D eigenvalue weighted by atomic mass is 19.1. The first-order chi connectivity index (χ1) is 7.10. The van der Waals surface area contributed by atoms with Gasteiger partial charge in [-0.05, 0) is 44.0 Å². The van der Waals surface area contributed by atoms with Crippen molar-refractivity contribution < 1.29 is 9.50 Å². The minimum Gasteiger partial charge on any atom is -0.384 e. The highest BCUT2D eigenvalue weighted by Gasteiger charge is 2.35. The number of hydrogen-bond donors (Lipinski definition) is 2. The molecule has 0 amide bonds. The van der Waals surface area contributed by atoms with E-state index in [1.165, 1.54) is 12.1 Å². The molecule has 0 bridgehead atoms. The first kappa shape index (κ1) is 10.6. The van der Waals surface area contributed by atoms with E-state index >= 15 is 0 Å². The van der Waals surface area contributed by atoms with Gasteiger partial charge in [-0.25, -0.2) is 4.39 Å². The standard InChI is InChI=1S/C12H16FNO/c1-12(15,11-3-2-8-14-11)9-4-6-10(13)7-5-9/h4-7,11,14-15H,2-3,8H2,1H3. The van der Waals surface area contributed by atoms with Crippen LogP contribution in [0.1, 0.15) is 25.3 Å². The molecule has 1 heterocycles. The number of hydrogen-bond acceptors (Lipinski definition) is 2. The Kier molecular flexibility index (Phi) is 2.76. The van der Waals surface area contributed by atoms with E-state index < -0.39 is 5.60 Å². The first-order valence-electron chi connectivity index (χ1n) is 5.32. The number of nitrogens with one attached hydrogen (secondary N) is 1. The lowest BCUT2D eigenvalue weighted by atomic mass is 9.87.